The molecule has 0 fully saturated rings. The van der Waals surface area contributed by atoms with Crippen molar-refractivity contribution in [2.24, 2.45) is 0 Å². The molecule has 1 aliphatic heterocycles. The first-order chi connectivity index (χ1) is 9.15. The van der Waals surface area contributed by atoms with Crippen LogP contribution < -0.4 is 14.4 Å². The van der Waals surface area contributed by atoms with Crippen molar-refractivity contribution < 1.29 is 13.2 Å². The normalized spacial score (nSPS) is 15.5. The van der Waals surface area contributed by atoms with Gasteiger partial charge in [0.05, 0.1) is 18.0 Å². The van der Waals surface area contributed by atoms with Crippen LogP contribution in [0.1, 0.15) is 12.8 Å². The van der Waals surface area contributed by atoms with Crippen molar-refractivity contribution in [3.63, 3.8) is 0 Å². The van der Waals surface area contributed by atoms with Gasteiger partial charge in [-0.05, 0) is 32.1 Å². The monoisotopic (exact) mass is 284 g/mol. The van der Waals surface area contributed by atoms with Crippen LogP contribution in [0.4, 0.5) is 5.69 Å². The number of fused-ring (bicyclic) bond motifs is 1. The quantitative estimate of drug-likeness (QED) is 0.826. The largest absolute Gasteiger partial charge is 0.491 e. The highest BCUT2D eigenvalue weighted by molar-refractivity contribution is 7.92. The molecule has 1 aromatic rings. The fourth-order valence-corrected chi connectivity index (χ4v) is 3.71. The second kappa shape index (κ2) is 6.25. The molecule has 1 N–H and O–H groups in total. The van der Waals surface area contributed by atoms with E-state index in [1.807, 2.05) is 25.2 Å². The van der Waals surface area contributed by atoms with Gasteiger partial charge >= 0.3 is 0 Å². The van der Waals surface area contributed by atoms with Crippen LogP contribution in [0.5, 0.6) is 5.75 Å². The topological polar surface area (TPSA) is 58.6 Å². The lowest BCUT2D eigenvalue weighted by Crippen LogP contribution is -2.34. The summed E-state index contributed by atoms with van der Waals surface area (Å²) in [6.45, 7) is 1.74. The Balaban J connectivity index is 2.23. The minimum absolute atomic E-state index is 0.155. The molecule has 0 amide bonds. The molecule has 106 valence electrons. The van der Waals surface area contributed by atoms with E-state index in [0.29, 0.717) is 44.0 Å². The maximum absolute atomic E-state index is 12.4. The van der Waals surface area contributed by atoms with Gasteiger partial charge in [-0.15, -0.1) is 0 Å². The van der Waals surface area contributed by atoms with Crippen LogP contribution in [0, 0.1) is 0 Å². The molecule has 0 saturated carbocycles. The first kappa shape index (κ1) is 14.1. The molecular formula is C13H20N2O3S. The fraction of sp³-hybridized carbons (Fsp3) is 0.538. The van der Waals surface area contributed by atoms with Gasteiger partial charge in [0.1, 0.15) is 5.75 Å². The van der Waals surface area contributed by atoms with Gasteiger partial charge in [-0.25, -0.2) is 8.42 Å². The van der Waals surface area contributed by atoms with E-state index < -0.39 is 10.0 Å². The third-order valence-electron chi connectivity index (χ3n) is 3.06. The van der Waals surface area contributed by atoms with Crippen LogP contribution in [0.3, 0.4) is 0 Å². The standard InChI is InChI=1S/C13H20N2O3S/c1-14-8-4-11-19(16,17)15-9-5-10-18-13-7-3-2-6-12(13)15/h2-3,6-7,14H,4-5,8-11H2,1H3. The van der Waals surface area contributed by atoms with Gasteiger partial charge in [0.25, 0.3) is 0 Å². The maximum Gasteiger partial charge on any atom is 0.235 e. The number of anilines is 1. The first-order valence-electron chi connectivity index (χ1n) is 6.52. The van der Waals surface area contributed by atoms with Crippen molar-refractivity contribution >= 4 is 15.7 Å². The Kier molecular flexibility index (Phi) is 4.66. The number of ether oxygens (including phenoxy) is 1. The molecule has 0 spiro atoms. The van der Waals surface area contributed by atoms with Crippen molar-refractivity contribution in [1.82, 2.24) is 5.32 Å². The predicted molar refractivity (Wildman–Crippen MR) is 76.2 cm³/mol. The van der Waals surface area contributed by atoms with Crippen LogP contribution in [-0.2, 0) is 10.0 Å². The minimum Gasteiger partial charge on any atom is -0.491 e. The average Bonchev–Trinajstić information content (AvgIpc) is 2.61. The van der Waals surface area contributed by atoms with Crippen LogP contribution in [0.25, 0.3) is 0 Å². The van der Waals surface area contributed by atoms with E-state index in [1.54, 1.807) is 6.07 Å². The molecule has 19 heavy (non-hydrogen) atoms. The Morgan fingerprint density at radius 1 is 1.37 bits per heavy atom. The third kappa shape index (κ3) is 3.39. The molecule has 0 unspecified atom stereocenters. The molecule has 0 aliphatic carbocycles. The highest BCUT2D eigenvalue weighted by Gasteiger charge is 2.26. The Morgan fingerprint density at radius 2 is 2.16 bits per heavy atom. The van der Waals surface area contributed by atoms with E-state index in [-0.39, 0.29) is 5.75 Å². The summed E-state index contributed by atoms with van der Waals surface area (Å²) in [6, 6.07) is 7.31. The summed E-state index contributed by atoms with van der Waals surface area (Å²) >= 11 is 0. The summed E-state index contributed by atoms with van der Waals surface area (Å²) in [6.07, 6.45) is 1.32. The predicted octanol–water partition coefficient (Wildman–Crippen LogP) is 1.21. The molecule has 0 atom stereocenters. The molecule has 2 rings (SSSR count). The molecule has 0 bridgehead atoms. The summed E-state index contributed by atoms with van der Waals surface area (Å²) in [5, 5.41) is 2.97. The summed E-state index contributed by atoms with van der Waals surface area (Å²) in [4.78, 5) is 0. The SMILES string of the molecule is CNCCCS(=O)(=O)N1CCCOc2ccccc21. The van der Waals surface area contributed by atoms with Crippen molar-refractivity contribution in [2.75, 3.05) is 36.8 Å². The highest BCUT2D eigenvalue weighted by Crippen LogP contribution is 2.32. The first-order valence-corrected chi connectivity index (χ1v) is 8.13. The second-order valence-corrected chi connectivity index (χ2v) is 6.53. The average molecular weight is 284 g/mol. The molecule has 5 nitrogen and oxygen atoms in total. The molecule has 0 aromatic heterocycles. The molecule has 6 heteroatoms. The van der Waals surface area contributed by atoms with Crippen molar-refractivity contribution in [2.45, 2.75) is 12.8 Å². The van der Waals surface area contributed by atoms with E-state index in [9.17, 15) is 8.42 Å². The molecule has 0 saturated heterocycles. The molecule has 1 aliphatic rings. The summed E-state index contributed by atoms with van der Waals surface area (Å²) in [7, 11) is -1.46. The van der Waals surface area contributed by atoms with E-state index in [2.05, 4.69) is 5.32 Å². The van der Waals surface area contributed by atoms with Gasteiger partial charge in [0.15, 0.2) is 0 Å². The molecule has 0 radical (unpaired) electrons. The number of hydrogen-bond donors (Lipinski definition) is 1. The Labute approximate surface area is 114 Å². The van der Waals surface area contributed by atoms with Crippen molar-refractivity contribution in [1.29, 1.82) is 0 Å². The lowest BCUT2D eigenvalue weighted by molar-refractivity contribution is 0.322. The van der Waals surface area contributed by atoms with Gasteiger partial charge in [0.2, 0.25) is 10.0 Å². The lowest BCUT2D eigenvalue weighted by Gasteiger charge is -2.23. The van der Waals surface area contributed by atoms with Crippen LogP contribution >= 0.6 is 0 Å². The Bertz CT molecular complexity index is 516. The number of hydrogen-bond acceptors (Lipinski definition) is 4. The summed E-state index contributed by atoms with van der Waals surface area (Å²) in [5.74, 6) is 0.805. The molecule has 1 aromatic carbocycles. The smallest absolute Gasteiger partial charge is 0.235 e. The van der Waals surface area contributed by atoms with Gasteiger partial charge in [-0.3, -0.25) is 4.31 Å². The zero-order chi connectivity index (χ0) is 13.7. The van der Waals surface area contributed by atoms with Crippen LogP contribution in [-0.4, -0.2) is 40.9 Å². The number of benzene rings is 1. The molecule has 1 heterocycles. The lowest BCUT2D eigenvalue weighted by atomic mass is 10.3. The summed E-state index contributed by atoms with van der Waals surface area (Å²) < 4.78 is 31.9. The number of nitrogens with zero attached hydrogens (tertiary/aromatic N) is 1. The van der Waals surface area contributed by atoms with Crippen LogP contribution in [0.15, 0.2) is 24.3 Å². The van der Waals surface area contributed by atoms with E-state index in [1.165, 1.54) is 4.31 Å². The van der Waals surface area contributed by atoms with Gasteiger partial charge < -0.3 is 10.1 Å². The van der Waals surface area contributed by atoms with E-state index >= 15 is 0 Å². The van der Waals surface area contributed by atoms with Crippen molar-refractivity contribution in [3.05, 3.63) is 24.3 Å². The fourth-order valence-electron chi connectivity index (χ4n) is 2.13. The third-order valence-corrected chi connectivity index (χ3v) is 4.92. The minimum atomic E-state index is -3.28. The Morgan fingerprint density at radius 3 is 2.95 bits per heavy atom. The second-order valence-electron chi connectivity index (χ2n) is 4.51. The van der Waals surface area contributed by atoms with Gasteiger partial charge in [0, 0.05) is 13.0 Å². The number of nitrogens with one attached hydrogen (secondary N) is 1. The number of para-hydroxylation sites is 2. The van der Waals surface area contributed by atoms with Gasteiger partial charge in [-0.1, -0.05) is 12.1 Å². The van der Waals surface area contributed by atoms with Crippen LogP contribution in [0.2, 0.25) is 0 Å². The van der Waals surface area contributed by atoms with E-state index in [4.69, 9.17) is 4.74 Å². The summed E-state index contributed by atoms with van der Waals surface area (Å²) in [5.41, 5.74) is 0.657. The van der Waals surface area contributed by atoms with Crippen molar-refractivity contribution in [3.8, 4) is 5.75 Å². The zero-order valence-electron chi connectivity index (χ0n) is 11.1. The highest BCUT2D eigenvalue weighted by atomic mass is 32.2. The maximum atomic E-state index is 12.4. The Hall–Kier alpha value is -1.27. The number of sulfonamides is 1. The van der Waals surface area contributed by atoms with Gasteiger partial charge in [-0.2, -0.15) is 0 Å². The van der Waals surface area contributed by atoms with E-state index in [0.717, 1.165) is 0 Å². The number of rotatable bonds is 5. The zero-order valence-corrected chi connectivity index (χ0v) is 11.9. The molecular weight excluding hydrogens is 264 g/mol.